The van der Waals surface area contributed by atoms with Crippen LogP contribution < -0.4 is 10.6 Å². The number of anilines is 3. The van der Waals surface area contributed by atoms with Crippen LogP contribution in [0.4, 0.5) is 30.6 Å². The Morgan fingerprint density at radius 2 is 2.14 bits per heavy atom. The number of nitrogens with zero attached hydrogens (tertiary/aromatic N) is 3. The van der Waals surface area contributed by atoms with Crippen LogP contribution in [0.15, 0.2) is 12.4 Å². The number of hydrogen-bond donors (Lipinski definition) is 3. The van der Waals surface area contributed by atoms with E-state index in [1.54, 1.807) is 13.1 Å². The van der Waals surface area contributed by atoms with Gasteiger partial charge in [0.2, 0.25) is 5.95 Å². The Balaban J connectivity index is 1.87. The van der Waals surface area contributed by atoms with E-state index in [1.165, 1.54) is 0 Å². The third-order valence-corrected chi connectivity index (χ3v) is 3.32. The van der Waals surface area contributed by atoms with Crippen molar-refractivity contribution in [2.24, 2.45) is 0 Å². The first kappa shape index (κ1) is 14.6. The van der Waals surface area contributed by atoms with Crippen molar-refractivity contribution in [2.75, 3.05) is 17.2 Å². The van der Waals surface area contributed by atoms with Gasteiger partial charge in [-0.3, -0.25) is 5.10 Å². The Morgan fingerprint density at radius 3 is 2.77 bits per heavy atom. The number of halogens is 3. The minimum absolute atomic E-state index is 0.104. The normalized spacial score (nSPS) is 14.9. The molecule has 118 valence electrons. The minimum atomic E-state index is -4.50. The van der Waals surface area contributed by atoms with E-state index in [1.807, 2.05) is 0 Å². The van der Waals surface area contributed by atoms with Crippen LogP contribution >= 0.6 is 0 Å². The first-order chi connectivity index (χ1) is 10.5. The molecule has 0 aromatic carbocycles. The van der Waals surface area contributed by atoms with Gasteiger partial charge in [0.1, 0.15) is 11.4 Å². The van der Waals surface area contributed by atoms with Gasteiger partial charge in [0.15, 0.2) is 0 Å². The number of alkyl halides is 3. The van der Waals surface area contributed by atoms with Crippen molar-refractivity contribution in [1.29, 1.82) is 0 Å². The molecule has 1 aliphatic rings. The lowest BCUT2D eigenvalue weighted by Gasteiger charge is -2.13. The van der Waals surface area contributed by atoms with Crippen LogP contribution in [0.5, 0.6) is 0 Å². The van der Waals surface area contributed by atoms with E-state index in [0.717, 1.165) is 24.7 Å². The van der Waals surface area contributed by atoms with Gasteiger partial charge >= 0.3 is 6.18 Å². The number of H-pyrrole nitrogens is 1. The quantitative estimate of drug-likeness (QED) is 0.790. The van der Waals surface area contributed by atoms with Gasteiger partial charge in [-0.1, -0.05) is 0 Å². The highest BCUT2D eigenvalue weighted by atomic mass is 19.4. The molecule has 2 heterocycles. The summed E-state index contributed by atoms with van der Waals surface area (Å²) in [7, 11) is 0. The summed E-state index contributed by atoms with van der Waals surface area (Å²) < 4.78 is 38.7. The number of aromatic amines is 1. The zero-order valence-electron chi connectivity index (χ0n) is 11.8. The van der Waals surface area contributed by atoms with Gasteiger partial charge in [0.05, 0.1) is 11.4 Å². The molecule has 2 aromatic heterocycles. The summed E-state index contributed by atoms with van der Waals surface area (Å²) in [6.45, 7) is 2.04. The Bertz CT molecular complexity index is 662. The van der Waals surface area contributed by atoms with Gasteiger partial charge in [0, 0.05) is 24.9 Å². The Labute approximate surface area is 124 Å². The molecule has 0 unspecified atom stereocenters. The second-order valence-electron chi connectivity index (χ2n) is 5.07. The molecule has 1 saturated carbocycles. The predicted molar refractivity (Wildman–Crippen MR) is 75.0 cm³/mol. The highest BCUT2D eigenvalue weighted by Crippen LogP contribution is 2.42. The lowest BCUT2D eigenvalue weighted by atomic mass is 10.2. The zero-order chi connectivity index (χ0) is 15.7. The number of hydrogen-bond acceptors (Lipinski definition) is 5. The van der Waals surface area contributed by atoms with Crippen LogP contribution in [0, 0.1) is 0 Å². The third kappa shape index (κ3) is 2.97. The van der Waals surface area contributed by atoms with Crippen molar-refractivity contribution in [2.45, 2.75) is 31.9 Å². The monoisotopic (exact) mass is 312 g/mol. The van der Waals surface area contributed by atoms with Crippen molar-refractivity contribution in [1.82, 2.24) is 20.2 Å². The summed E-state index contributed by atoms with van der Waals surface area (Å²) in [5.41, 5.74) is 0.688. The van der Waals surface area contributed by atoms with Crippen LogP contribution in [-0.4, -0.2) is 26.7 Å². The van der Waals surface area contributed by atoms with Crippen LogP contribution in [0.3, 0.4) is 0 Å². The molecule has 9 heteroatoms. The van der Waals surface area contributed by atoms with Gasteiger partial charge in [0.25, 0.3) is 0 Å². The molecule has 1 aliphatic carbocycles. The average molecular weight is 312 g/mol. The minimum Gasteiger partial charge on any atom is -0.370 e. The van der Waals surface area contributed by atoms with Crippen LogP contribution in [0.25, 0.3) is 0 Å². The molecule has 1 fully saturated rings. The number of nitrogens with one attached hydrogen (secondary N) is 3. The Kier molecular flexibility index (Phi) is 3.63. The van der Waals surface area contributed by atoms with E-state index in [9.17, 15) is 13.2 Å². The van der Waals surface area contributed by atoms with E-state index in [2.05, 4.69) is 30.8 Å². The van der Waals surface area contributed by atoms with Crippen molar-refractivity contribution < 1.29 is 13.2 Å². The number of aromatic nitrogens is 4. The Morgan fingerprint density at radius 1 is 1.36 bits per heavy atom. The smallest absolute Gasteiger partial charge is 0.370 e. The molecular formula is C13H15F3N6. The van der Waals surface area contributed by atoms with Crippen molar-refractivity contribution >= 4 is 17.5 Å². The molecule has 6 nitrogen and oxygen atoms in total. The van der Waals surface area contributed by atoms with Gasteiger partial charge in [-0.2, -0.15) is 23.3 Å². The summed E-state index contributed by atoms with van der Waals surface area (Å²) >= 11 is 0. The standard InChI is InChI=1S/C13H15F3N6/c1-2-17-11-8(13(14,15)16)5-18-12(21-11)20-9-6-19-22-10(9)7-3-4-7/h5-7H,2-4H2,1H3,(H,19,22)(H2,17,18,20,21). The lowest BCUT2D eigenvalue weighted by Crippen LogP contribution is -2.14. The highest BCUT2D eigenvalue weighted by Gasteiger charge is 2.35. The van der Waals surface area contributed by atoms with E-state index < -0.39 is 11.7 Å². The van der Waals surface area contributed by atoms with Crippen molar-refractivity contribution in [3.8, 4) is 0 Å². The van der Waals surface area contributed by atoms with Crippen molar-refractivity contribution in [3.63, 3.8) is 0 Å². The molecule has 2 aromatic rings. The lowest BCUT2D eigenvalue weighted by molar-refractivity contribution is -0.137. The third-order valence-electron chi connectivity index (χ3n) is 3.32. The van der Waals surface area contributed by atoms with Crippen molar-refractivity contribution in [3.05, 3.63) is 23.7 Å². The molecule has 0 amide bonds. The van der Waals surface area contributed by atoms with E-state index in [-0.39, 0.29) is 11.8 Å². The summed E-state index contributed by atoms with van der Waals surface area (Å²) in [6.07, 6.45) is 0.0722. The highest BCUT2D eigenvalue weighted by molar-refractivity contribution is 5.59. The van der Waals surface area contributed by atoms with E-state index in [4.69, 9.17) is 0 Å². The maximum Gasteiger partial charge on any atom is 0.421 e. The van der Waals surface area contributed by atoms with Crippen LogP contribution in [-0.2, 0) is 6.18 Å². The molecule has 3 rings (SSSR count). The molecule has 0 bridgehead atoms. The SMILES string of the molecule is CCNc1nc(Nc2c[nH]nc2C2CC2)ncc1C(F)(F)F. The molecule has 0 spiro atoms. The predicted octanol–water partition coefficient (Wildman–Crippen LogP) is 3.27. The van der Waals surface area contributed by atoms with Gasteiger partial charge in [-0.05, 0) is 19.8 Å². The van der Waals surface area contributed by atoms with E-state index in [0.29, 0.717) is 18.2 Å². The summed E-state index contributed by atoms with van der Waals surface area (Å²) in [6, 6.07) is 0. The second-order valence-corrected chi connectivity index (χ2v) is 5.07. The summed E-state index contributed by atoms with van der Waals surface area (Å²) in [4.78, 5) is 7.69. The molecule has 0 radical (unpaired) electrons. The maximum atomic E-state index is 12.9. The molecule has 0 saturated heterocycles. The molecule has 0 atom stereocenters. The molecular weight excluding hydrogens is 297 g/mol. The van der Waals surface area contributed by atoms with Gasteiger partial charge < -0.3 is 10.6 Å². The fourth-order valence-corrected chi connectivity index (χ4v) is 2.14. The largest absolute Gasteiger partial charge is 0.421 e. The first-order valence-corrected chi connectivity index (χ1v) is 6.98. The maximum absolute atomic E-state index is 12.9. The summed E-state index contributed by atoms with van der Waals surface area (Å²) in [5.74, 6) is 0.271. The Hall–Kier alpha value is -2.32. The molecule has 22 heavy (non-hydrogen) atoms. The van der Waals surface area contributed by atoms with Crippen LogP contribution in [0.1, 0.15) is 36.9 Å². The van der Waals surface area contributed by atoms with Gasteiger partial charge in [-0.15, -0.1) is 0 Å². The second kappa shape index (κ2) is 5.47. The fraction of sp³-hybridized carbons (Fsp3) is 0.462. The molecule has 0 aliphatic heterocycles. The molecule has 3 N–H and O–H groups in total. The van der Waals surface area contributed by atoms with Gasteiger partial charge in [-0.25, -0.2) is 4.98 Å². The summed E-state index contributed by atoms with van der Waals surface area (Å²) in [5, 5.41) is 12.4. The average Bonchev–Trinajstić information content (AvgIpc) is 3.19. The van der Waals surface area contributed by atoms with Crippen LogP contribution in [0.2, 0.25) is 0 Å². The fourth-order valence-electron chi connectivity index (χ4n) is 2.14. The first-order valence-electron chi connectivity index (χ1n) is 6.98. The topological polar surface area (TPSA) is 78.5 Å². The zero-order valence-corrected chi connectivity index (χ0v) is 11.8. The van der Waals surface area contributed by atoms with E-state index >= 15 is 0 Å². The number of rotatable bonds is 5.